The molecule has 0 saturated carbocycles. The summed E-state index contributed by atoms with van der Waals surface area (Å²) in [5, 5.41) is 3.95. The molecular weight excluding hydrogens is 351 g/mol. The number of amides is 1. The van der Waals surface area contributed by atoms with E-state index in [4.69, 9.17) is 9.31 Å². The third-order valence-electron chi connectivity index (χ3n) is 5.56. The predicted octanol–water partition coefficient (Wildman–Crippen LogP) is 3.79. The van der Waals surface area contributed by atoms with Gasteiger partial charge in [-0.3, -0.25) is 9.78 Å². The molecule has 6 heteroatoms. The summed E-state index contributed by atoms with van der Waals surface area (Å²) in [5.74, 6) is -0.198. The molecule has 28 heavy (non-hydrogen) atoms. The van der Waals surface area contributed by atoms with Crippen LogP contribution in [0.4, 0.5) is 5.69 Å². The van der Waals surface area contributed by atoms with Crippen molar-refractivity contribution < 1.29 is 14.1 Å². The molecule has 1 aliphatic rings. The molecule has 0 atom stereocenters. The second kappa shape index (κ2) is 6.72. The van der Waals surface area contributed by atoms with E-state index in [1.807, 2.05) is 76.2 Å². The average molecular weight is 374 g/mol. The molecule has 0 unspecified atom stereocenters. The lowest BCUT2D eigenvalue weighted by Crippen LogP contribution is -2.41. The minimum Gasteiger partial charge on any atom is -0.399 e. The molecule has 2 heterocycles. The van der Waals surface area contributed by atoms with Gasteiger partial charge in [0.05, 0.1) is 22.4 Å². The first-order valence-corrected chi connectivity index (χ1v) is 9.37. The number of fused-ring (bicyclic) bond motifs is 1. The second-order valence-electron chi connectivity index (χ2n) is 8.05. The van der Waals surface area contributed by atoms with E-state index in [-0.39, 0.29) is 5.91 Å². The smallest absolute Gasteiger partial charge is 0.399 e. The number of rotatable bonds is 3. The number of pyridine rings is 1. The number of carbonyl (C=O) groups excluding carboxylic acids is 1. The Morgan fingerprint density at radius 2 is 1.64 bits per heavy atom. The van der Waals surface area contributed by atoms with Crippen LogP contribution in [0.25, 0.3) is 10.9 Å². The van der Waals surface area contributed by atoms with Crippen LogP contribution in [-0.2, 0) is 9.31 Å². The van der Waals surface area contributed by atoms with Crippen LogP contribution in [0.2, 0.25) is 0 Å². The molecule has 0 spiro atoms. The normalized spacial score (nSPS) is 17.6. The fraction of sp³-hybridized carbons (Fsp3) is 0.273. The number of hydrogen-bond acceptors (Lipinski definition) is 4. The SMILES string of the molecule is CC1(C)OB(c2cccc(C(=O)Nc3cccc4cccnc34)c2)OC1(C)C. The van der Waals surface area contributed by atoms with Gasteiger partial charge in [-0.1, -0.05) is 30.3 Å². The van der Waals surface area contributed by atoms with Gasteiger partial charge in [0.25, 0.3) is 5.91 Å². The van der Waals surface area contributed by atoms with Crippen molar-refractivity contribution in [1.29, 1.82) is 0 Å². The van der Waals surface area contributed by atoms with Gasteiger partial charge in [0.15, 0.2) is 0 Å². The topological polar surface area (TPSA) is 60.5 Å². The van der Waals surface area contributed by atoms with Gasteiger partial charge < -0.3 is 14.6 Å². The van der Waals surface area contributed by atoms with Crippen molar-refractivity contribution in [3.63, 3.8) is 0 Å². The molecule has 1 N–H and O–H groups in total. The van der Waals surface area contributed by atoms with Gasteiger partial charge in [0, 0.05) is 17.1 Å². The molecular formula is C22H23BN2O3. The molecule has 1 amide bonds. The van der Waals surface area contributed by atoms with Gasteiger partial charge in [-0.25, -0.2) is 0 Å². The van der Waals surface area contributed by atoms with E-state index in [0.717, 1.165) is 16.4 Å². The fourth-order valence-electron chi connectivity index (χ4n) is 3.21. The molecule has 2 aromatic carbocycles. The molecule has 1 aliphatic heterocycles. The highest BCUT2D eigenvalue weighted by molar-refractivity contribution is 6.62. The Balaban J connectivity index is 1.59. The lowest BCUT2D eigenvalue weighted by Gasteiger charge is -2.32. The standard InChI is InChI=1S/C22H23BN2O3/c1-21(2)22(3,4)28-23(27-21)17-11-5-9-16(14-17)20(26)25-18-12-6-8-15-10-7-13-24-19(15)18/h5-14H,1-4H3,(H,25,26). The number of anilines is 1. The van der Waals surface area contributed by atoms with Gasteiger partial charge >= 0.3 is 7.12 Å². The van der Waals surface area contributed by atoms with Crippen molar-refractivity contribution in [3.05, 3.63) is 66.4 Å². The van der Waals surface area contributed by atoms with E-state index >= 15 is 0 Å². The zero-order valence-electron chi connectivity index (χ0n) is 16.5. The minimum absolute atomic E-state index is 0.198. The summed E-state index contributed by atoms with van der Waals surface area (Å²) >= 11 is 0. The van der Waals surface area contributed by atoms with Gasteiger partial charge in [-0.05, 0) is 57.4 Å². The summed E-state index contributed by atoms with van der Waals surface area (Å²) in [7, 11) is -0.503. The van der Waals surface area contributed by atoms with E-state index in [1.165, 1.54) is 0 Å². The molecule has 3 aromatic rings. The summed E-state index contributed by atoms with van der Waals surface area (Å²) in [6, 6.07) is 16.9. The average Bonchev–Trinajstić information content (AvgIpc) is 2.89. The van der Waals surface area contributed by atoms with Gasteiger partial charge in [-0.2, -0.15) is 0 Å². The molecule has 5 nitrogen and oxygen atoms in total. The Morgan fingerprint density at radius 3 is 2.39 bits per heavy atom. The summed E-state index contributed by atoms with van der Waals surface area (Å²) in [4.78, 5) is 17.2. The van der Waals surface area contributed by atoms with Gasteiger partial charge in [0.1, 0.15) is 0 Å². The van der Waals surface area contributed by atoms with Crippen LogP contribution in [0, 0.1) is 0 Å². The van der Waals surface area contributed by atoms with Crippen molar-refractivity contribution in [3.8, 4) is 0 Å². The molecule has 1 fully saturated rings. The fourth-order valence-corrected chi connectivity index (χ4v) is 3.21. The van der Waals surface area contributed by atoms with Crippen LogP contribution in [0.3, 0.4) is 0 Å². The number of nitrogens with zero attached hydrogens (tertiary/aromatic N) is 1. The summed E-state index contributed by atoms with van der Waals surface area (Å²) in [5.41, 5.74) is 1.96. The Bertz CT molecular complexity index is 1030. The zero-order chi connectivity index (χ0) is 19.9. The first-order chi connectivity index (χ1) is 13.3. The van der Waals surface area contributed by atoms with Crippen LogP contribution in [0.5, 0.6) is 0 Å². The quantitative estimate of drug-likeness (QED) is 0.709. The van der Waals surface area contributed by atoms with E-state index in [0.29, 0.717) is 11.3 Å². The van der Waals surface area contributed by atoms with Crippen molar-refractivity contribution in [1.82, 2.24) is 4.98 Å². The molecule has 142 valence electrons. The van der Waals surface area contributed by atoms with Gasteiger partial charge in [-0.15, -0.1) is 0 Å². The number of nitrogens with one attached hydrogen (secondary N) is 1. The molecule has 4 rings (SSSR count). The van der Waals surface area contributed by atoms with Crippen LogP contribution in [-0.4, -0.2) is 29.2 Å². The lowest BCUT2D eigenvalue weighted by atomic mass is 9.78. The summed E-state index contributed by atoms with van der Waals surface area (Å²) in [6.07, 6.45) is 1.72. The third kappa shape index (κ3) is 3.30. The van der Waals surface area contributed by atoms with E-state index in [9.17, 15) is 4.79 Å². The zero-order valence-corrected chi connectivity index (χ0v) is 16.5. The maximum Gasteiger partial charge on any atom is 0.494 e. The van der Waals surface area contributed by atoms with E-state index < -0.39 is 18.3 Å². The van der Waals surface area contributed by atoms with Gasteiger partial charge in [0.2, 0.25) is 0 Å². The van der Waals surface area contributed by atoms with E-state index in [1.54, 1.807) is 12.3 Å². The number of benzene rings is 2. The highest BCUT2D eigenvalue weighted by Gasteiger charge is 2.51. The van der Waals surface area contributed by atoms with E-state index in [2.05, 4.69) is 10.3 Å². The first-order valence-electron chi connectivity index (χ1n) is 9.37. The Morgan fingerprint density at radius 1 is 0.964 bits per heavy atom. The van der Waals surface area contributed by atoms with Crippen molar-refractivity contribution >= 4 is 35.1 Å². The first kappa shape index (κ1) is 18.7. The number of aromatic nitrogens is 1. The largest absolute Gasteiger partial charge is 0.494 e. The number of hydrogen-bond donors (Lipinski definition) is 1. The third-order valence-corrected chi connectivity index (χ3v) is 5.56. The second-order valence-corrected chi connectivity index (χ2v) is 8.05. The Labute approximate surface area is 165 Å². The lowest BCUT2D eigenvalue weighted by molar-refractivity contribution is 0.00578. The van der Waals surface area contributed by atoms with Crippen LogP contribution < -0.4 is 10.8 Å². The van der Waals surface area contributed by atoms with Crippen LogP contribution >= 0.6 is 0 Å². The summed E-state index contributed by atoms with van der Waals surface area (Å²) in [6.45, 7) is 8.04. The maximum absolute atomic E-state index is 12.9. The molecule has 0 radical (unpaired) electrons. The van der Waals surface area contributed by atoms with Crippen molar-refractivity contribution in [2.75, 3.05) is 5.32 Å². The minimum atomic E-state index is -0.503. The molecule has 0 aliphatic carbocycles. The maximum atomic E-state index is 12.9. The van der Waals surface area contributed by atoms with Crippen LogP contribution in [0.15, 0.2) is 60.8 Å². The predicted molar refractivity (Wildman–Crippen MR) is 112 cm³/mol. The molecule has 1 aromatic heterocycles. The Hall–Kier alpha value is -2.70. The highest BCUT2D eigenvalue weighted by atomic mass is 16.7. The van der Waals surface area contributed by atoms with Crippen molar-refractivity contribution in [2.24, 2.45) is 0 Å². The number of para-hydroxylation sites is 1. The Kier molecular flexibility index (Phi) is 4.48. The van der Waals surface area contributed by atoms with Crippen molar-refractivity contribution in [2.45, 2.75) is 38.9 Å². The van der Waals surface area contributed by atoms with Crippen LogP contribution in [0.1, 0.15) is 38.1 Å². The molecule has 0 bridgehead atoms. The monoisotopic (exact) mass is 374 g/mol. The summed E-state index contributed by atoms with van der Waals surface area (Å²) < 4.78 is 12.2. The molecule has 1 saturated heterocycles. The highest BCUT2D eigenvalue weighted by Crippen LogP contribution is 2.36. The number of carbonyl (C=O) groups is 1.